The zero-order chi connectivity index (χ0) is 28.0. The van der Waals surface area contributed by atoms with Crippen molar-refractivity contribution >= 4 is 44.0 Å². The van der Waals surface area contributed by atoms with E-state index >= 15 is 0 Å². The second-order valence-electron chi connectivity index (χ2n) is 7.45. The number of anilines is 1. The first-order chi connectivity index (χ1) is 18.1. The van der Waals surface area contributed by atoms with Gasteiger partial charge in [-0.3, -0.25) is 4.79 Å². The normalized spacial score (nSPS) is 11.1. The van der Waals surface area contributed by atoms with E-state index in [1.165, 1.54) is 27.2 Å². The monoisotopic (exact) mass is 567 g/mol. The van der Waals surface area contributed by atoms with Crippen LogP contribution in [0.3, 0.4) is 0 Å². The van der Waals surface area contributed by atoms with Crippen LogP contribution in [0.25, 0.3) is 11.5 Å². The average molecular weight is 568 g/mol. The smallest absolute Gasteiger partial charge is 0.348 e. The maximum absolute atomic E-state index is 12.8. The number of rotatable bonds is 11. The number of hydrogen-bond donors (Lipinski definition) is 1. The number of sulfone groups is 1. The summed E-state index contributed by atoms with van der Waals surface area (Å²) >= 11 is 0.771. The van der Waals surface area contributed by atoms with Crippen molar-refractivity contribution in [2.75, 3.05) is 38.5 Å². The second kappa shape index (κ2) is 12.0. The lowest BCUT2D eigenvalue weighted by Crippen LogP contribution is -2.24. The number of methoxy groups -OCH3 is 2. The van der Waals surface area contributed by atoms with Crippen LogP contribution in [-0.4, -0.2) is 69.6 Å². The van der Waals surface area contributed by atoms with Crippen LogP contribution in [0.5, 0.6) is 11.5 Å². The van der Waals surface area contributed by atoms with Gasteiger partial charge in [-0.05, 0) is 44.5 Å². The van der Waals surface area contributed by atoms with Crippen molar-refractivity contribution in [1.29, 1.82) is 0 Å². The first kappa shape index (κ1) is 28.6. The molecule has 0 fully saturated rings. The highest BCUT2D eigenvalue weighted by atomic mass is 32.2. The molecule has 1 aromatic carbocycles. The zero-order valence-corrected chi connectivity index (χ0v) is 22.8. The summed E-state index contributed by atoms with van der Waals surface area (Å²) < 4.78 is 51.4. The molecule has 0 atom stereocenters. The number of carbonyl (C=O) groups is 3. The van der Waals surface area contributed by atoms with Crippen LogP contribution < -0.4 is 14.8 Å². The van der Waals surface area contributed by atoms with Crippen LogP contribution in [0.1, 0.15) is 39.4 Å². The molecule has 2 heterocycles. The molecule has 1 amide bonds. The molecule has 0 aliphatic rings. The third kappa shape index (κ3) is 6.11. The number of ether oxygens (including phenoxy) is 4. The number of thiophene rings is 1. The van der Waals surface area contributed by atoms with Gasteiger partial charge in [-0.2, -0.15) is 0 Å². The van der Waals surface area contributed by atoms with Gasteiger partial charge < -0.3 is 28.7 Å². The molecule has 0 aliphatic heterocycles. The van der Waals surface area contributed by atoms with Gasteiger partial charge in [0.15, 0.2) is 11.5 Å². The van der Waals surface area contributed by atoms with Gasteiger partial charge in [-0.1, -0.05) is 5.10 Å². The lowest BCUT2D eigenvalue weighted by Gasteiger charge is -2.07. The molecule has 13 nitrogen and oxygen atoms in total. The Bertz CT molecular complexity index is 1460. The minimum absolute atomic E-state index is 0.0458. The summed E-state index contributed by atoms with van der Waals surface area (Å²) in [5, 5.41) is 8.85. The van der Waals surface area contributed by atoms with E-state index in [0.717, 1.165) is 11.3 Å². The van der Waals surface area contributed by atoms with E-state index in [1.54, 1.807) is 26.0 Å². The van der Waals surface area contributed by atoms with Gasteiger partial charge in [-0.25, -0.2) is 18.0 Å². The van der Waals surface area contributed by atoms with Crippen molar-refractivity contribution in [2.24, 2.45) is 0 Å². The SMILES string of the molecule is CCOC(=O)c1sc(NC(=O)CS(=O)(=O)c2nnc(-c3ccc(OC)c(OC)c3)o2)c(C(=O)OCC)c1C. The summed E-state index contributed by atoms with van der Waals surface area (Å²) in [7, 11) is -1.48. The van der Waals surface area contributed by atoms with Crippen LogP contribution in [0.4, 0.5) is 5.00 Å². The quantitative estimate of drug-likeness (QED) is 0.336. The standard InChI is InChI=1S/C23H25N3O10S2/c1-6-34-21(28)17-12(3)18(22(29)35-7-2)37-20(17)24-16(27)11-38(30,31)23-26-25-19(36-23)13-8-9-14(32-4)15(10-13)33-5/h8-10H,6-7,11H2,1-5H3,(H,24,27). The van der Waals surface area contributed by atoms with Crippen molar-refractivity contribution in [2.45, 2.75) is 26.0 Å². The largest absolute Gasteiger partial charge is 0.493 e. The molecular formula is C23H25N3O10S2. The maximum Gasteiger partial charge on any atom is 0.348 e. The van der Waals surface area contributed by atoms with Crippen molar-refractivity contribution in [3.63, 3.8) is 0 Å². The summed E-state index contributed by atoms with van der Waals surface area (Å²) in [6.45, 7) is 4.85. The molecule has 0 bridgehead atoms. The fraction of sp³-hybridized carbons (Fsp3) is 0.348. The first-order valence-corrected chi connectivity index (χ1v) is 13.6. The van der Waals surface area contributed by atoms with E-state index in [9.17, 15) is 22.8 Å². The van der Waals surface area contributed by atoms with Gasteiger partial charge in [0.2, 0.25) is 21.6 Å². The molecule has 0 spiro atoms. The molecule has 3 aromatic rings. The van der Waals surface area contributed by atoms with Gasteiger partial charge in [-0.15, -0.1) is 16.4 Å². The highest BCUT2D eigenvalue weighted by molar-refractivity contribution is 7.91. The van der Waals surface area contributed by atoms with Crippen molar-refractivity contribution in [3.05, 3.63) is 34.2 Å². The number of nitrogens with zero attached hydrogens (tertiary/aromatic N) is 2. The highest BCUT2D eigenvalue weighted by Crippen LogP contribution is 2.35. The highest BCUT2D eigenvalue weighted by Gasteiger charge is 2.30. The number of esters is 2. The Morgan fingerprint density at radius 2 is 1.66 bits per heavy atom. The third-order valence-electron chi connectivity index (χ3n) is 4.96. The molecule has 0 radical (unpaired) electrons. The van der Waals surface area contributed by atoms with E-state index in [2.05, 4.69) is 15.5 Å². The number of amides is 1. The number of aromatic nitrogens is 2. The molecule has 1 N–H and O–H groups in total. The Balaban J connectivity index is 1.84. The molecule has 0 saturated carbocycles. The fourth-order valence-electron chi connectivity index (χ4n) is 3.26. The van der Waals surface area contributed by atoms with Crippen molar-refractivity contribution in [3.8, 4) is 23.0 Å². The topological polar surface area (TPSA) is 173 Å². The molecule has 0 unspecified atom stereocenters. The Morgan fingerprint density at radius 3 is 2.29 bits per heavy atom. The Labute approximate surface area is 222 Å². The minimum atomic E-state index is -4.38. The van der Waals surface area contributed by atoms with E-state index in [4.69, 9.17) is 23.4 Å². The van der Waals surface area contributed by atoms with Crippen LogP contribution in [0, 0.1) is 6.92 Å². The van der Waals surface area contributed by atoms with E-state index in [-0.39, 0.29) is 40.1 Å². The Morgan fingerprint density at radius 1 is 1.00 bits per heavy atom. The predicted octanol–water partition coefficient (Wildman–Crippen LogP) is 2.89. The van der Waals surface area contributed by atoms with Gasteiger partial charge in [0, 0.05) is 5.56 Å². The third-order valence-corrected chi connectivity index (χ3v) is 7.49. The second-order valence-corrected chi connectivity index (χ2v) is 10.3. The molecular weight excluding hydrogens is 542 g/mol. The number of benzene rings is 1. The maximum atomic E-state index is 12.8. The van der Waals surface area contributed by atoms with Crippen LogP contribution >= 0.6 is 11.3 Å². The van der Waals surface area contributed by atoms with Crippen LogP contribution in [0.2, 0.25) is 0 Å². The van der Waals surface area contributed by atoms with Crippen LogP contribution in [-0.2, 0) is 24.1 Å². The molecule has 3 rings (SSSR count). The van der Waals surface area contributed by atoms with Gasteiger partial charge in [0.25, 0.3) is 0 Å². The van der Waals surface area contributed by atoms with Gasteiger partial charge in [0.1, 0.15) is 15.6 Å². The number of nitrogens with one attached hydrogen (secondary N) is 1. The number of hydrogen-bond acceptors (Lipinski definition) is 13. The molecule has 15 heteroatoms. The molecule has 204 valence electrons. The van der Waals surface area contributed by atoms with Gasteiger partial charge in [0.05, 0.1) is 33.0 Å². The minimum Gasteiger partial charge on any atom is -0.493 e. The lowest BCUT2D eigenvalue weighted by atomic mass is 10.1. The molecule has 2 aromatic heterocycles. The molecule has 38 heavy (non-hydrogen) atoms. The summed E-state index contributed by atoms with van der Waals surface area (Å²) in [5.41, 5.74) is 0.529. The number of carbonyl (C=O) groups excluding carboxylic acids is 3. The van der Waals surface area contributed by atoms with Crippen molar-refractivity contribution in [1.82, 2.24) is 10.2 Å². The summed E-state index contributed by atoms with van der Waals surface area (Å²) in [6.07, 6.45) is 0. The van der Waals surface area contributed by atoms with E-state index < -0.39 is 38.7 Å². The fourth-order valence-corrected chi connectivity index (χ4v) is 5.28. The summed E-state index contributed by atoms with van der Waals surface area (Å²) in [6, 6.07) is 4.66. The Hall–Kier alpha value is -3.98. The average Bonchev–Trinajstić information content (AvgIpc) is 3.49. The first-order valence-electron chi connectivity index (χ1n) is 11.1. The van der Waals surface area contributed by atoms with Crippen molar-refractivity contribution < 1.29 is 46.2 Å². The van der Waals surface area contributed by atoms with Gasteiger partial charge >= 0.3 is 17.2 Å². The lowest BCUT2D eigenvalue weighted by molar-refractivity contribution is -0.113. The van der Waals surface area contributed by atoms with E-state index in [1.807, 2.05) is 0 Å². The van der Waals surface area contributed by atoms with Crippen LogP contribution in [0.15, 0.2) is 27.8 Å². The molecule has 0 aliphatic carbocycles. The van der Waals surface area contributed by atoms with E-state index in [0.29, 0.717) is 17.1 Å². The predicted molar refractivity (Wildman–Crippen MR) is 134 cm³/mol. The molecule has 0 saturated heterocycles. The zero-order valence-electron chi connectivity index (χ0n) is 21.1. The Kier molecular flexibility index (Phi) is 9.06. The summed E-state index contributed by atoms with van der Waals surface area (Å²) in [4.78, 5) is 37.6. The summed E-state index contributed by atoms with van der Waals surface area (Å²) in [5.74, 6) is -2.88.